The second kappa shape index (κ2) is 2.79. The van der Waals surface area contributed by atoms with Gasteiger partial charge in [-0.1, -0.05) is 6.07 Å². The Morgan fingerprint density at radius 2 is 2.31 bits per heavy atom. The van der Waals surface area contributed by atoms with Crippen LogP contribution in [0.2, 0.25) is 0 Å². The molecule has 13 heavy (non-hydrogen) atoms. The van der Waals surface area contributed by atoms with Gasteiger partial charge in [0.1, 0.15) is 18.8 Å². The van der Waals surface area contributed by atoms with Crippen molar-refractivity contribution in [1.82, 2.24) is 4.76 Å². The summed E-state index contributed by atoms with van der Waals surface area (Å²) in [5.74, 6) is 0.0768. The summed E-state index contributed by atoms with van der Waals surface area (Å²) in [6.45, 7) is 0.753. The molecule has 5 nitrogen and oxygen atoms in total. The predicted octanol–water partition coefficient (Wildman–Crippen LogP) is 1.58. The van der Waals surface area contributed by atoms with E-state index in [9.17, 15) is 5.21 Å². The highest BCUT2D eigenvalue weighted by atomic mass is 16.6. The van der Waals surface area contributed by atoms with Crippen molar-refractivity contribution in [3.8, 4) is 5.75 Å². The smallest absolute Gasteiger partial charge is 0.164 e. The van der Waals surface area contributed by atoms with Crippen LogP contribution in [0.15, 0.2) is 34.6 Å². The molecule has 1 atom stereocenters. The summed E-state index contributed by atoms with van der Waals surface area (Å²) in [6, 6.07) is 6.19. The molecule has 0 radical (unpaired) electrons. The summed E-state index contributed by atoms with van der Waals surface area (Å²) in [4.78, 5) is 0. The van der Waals surface area contributed by atoms with Gasteiger partial charge in [-0.25, -0.2) is 0 Å². The molecule has 5 heteroatoms. The van der Waals surface area contributed by atoms with Crippen molar-refractivity contribution in [2.45, 2.75) is 0 Å². The van der Waals surface area contributed by atoms with Gasteiger partial charge in [-0.3, -0.25) is 0 Å². The van der Waals surface area contributed by atoms with E-state index in [2.05, 4.69) is 10.3 Å². The lowest BCUT2D eigenvalue weighted by atomic mass is 10.3. The second-order valence-corrected chi connectivity index (χ2v) is 2.90. The van der Waals surface area contributed by atoms with E-state index in [1.807, 2.05) is 0 Å². The molecular formula is C8H9N3O2. The second-order valence-electron chi connectivity index (χ2n) is 2.90. The molecule has 0 fully saturated rings. The van der Waals surface area contributed by atoms with Crippen LogP contribution in [0.1, 0.15) is 0 Å². The first-order valence-electron chi connectivity index (χ1n) is 3.98. The van der Waals surface area contributed by atoms with E-state index in [0.717, 1.165) is 0 Å². The van der Waals surface area contributed by atoms with Gasteiger partial charge in [0, 0.05) is 17.4 Å². The van der Waals surface area contributed by atoms with Crippen LogP contribution in [-0.2, 0) is 0 Å². The highest BCUT2D eigenvalue weighted by molar-refractivity contribution is 5.47. The van der Waals surface area contributed by atoms with Crippen LogP contribution in [-0.4, -0.2) is 18.2 Å². The monoisotopic (exact) mass is 179 g/mol. The first-order valence-corrected chi connectivity index (χ1v) is 3.98. The van der Waals surface area contributed by atoms with Crippen LogP contribution in [0.4, 0.5) is 5.69 Å². The summed E-state index contributed by atoms with van der Waals surface area (Å²) < 4.78 is -0.811. The fraction of sp³-hybridized carbons (Fsp3) is 0.250. The van der Waals surface area contributed by atoms with Crippen LogP contribution < -0.4 is 4.76 Å². The van der Waals surface area contributed by atoms with Crippen LogP contribution in [0.5, 0.6) is 5.75 Å². The number of phenolic OH excluding ortho intramolecular Hbond substituents is 1. The van der Waals surface area contributed by atoms with Gasteiger partial charge < -0.3 is 10.3 Å². The van der Waals surface area contributed by atoms with Crippen LogP contribution in [0.25, 0.3) is 0 Å². The molecule has 1 aliphatic heterocycles. The van der Waals surface area contributed by atoms with Crippen molar-refractivity contribution in [1.29, 1.82) is 0 Å². The Balaban J connectivity index is 2.39. The zero-order chi connectivity index (χ0) is 9.31. The number of hydrogen-bond donors (Lipinski definition) is 1. The van der Waals surface area contributed by atoms with Crippen molar-refractivity contribution >= 4 is 5.69 Å². The number of hydrogen-bond acceptors (Lipinski definition) is 4. The first-order chi connectivity index (χ1) is 6.21. The number of rotatable bonds is 1. The van der Waals surface area contributed by atoms with E-state index in [1.54, 1.807) is 12.1 Å². The van der Waals surface area contributed by atoms with Crippen molar-refractivity contribution in [2.24, 2.45) is 10.3 Å². The minimum Gasteiger partial charge on any atom is -0.598 e. The predicted molar refractivity (Wildman–Crippen MR) is 47.9 cm³/mol. The van der Waals surface area contributed by atoms with Gasteiger partial charge in [-0.2, -0.15) is 4.76 Å². The number of nitrogens with zero attached hydrogens (tertiary/aromatic N) is 3. The molecule has 0 bridgehead atoms. The Labute approximate surface area is 75.1 Å². The summed E-state index contributed by atoms with van der Waals surface area (Å²) >= 11 is 0. The lowest BCUT2D eigenvalue weighted by Crippen LogP contribution is -2.35. The van der Waals surface area contributed by atoms with Gasteiger partial charge in [0.05, 0.1) is 0 Å². The van der Waals surface area contributed by atoms with Gasteiger partial charge in [0.2, 0.25) is 0 Å². The molecule has 0 aromatic heterocycles. The molecule has 1 aromatic rings. The summed E-state index contributed by atoms with van der Waals surface area (Å²) in [5, 5.41) is 28.2. The number of benzene rings is 1. The fourth-order valence-corrected chi connectivity index (χ4v) is 1.26. The largest absolute Gasteiger partial charge is 0.598 e. The van der Waals surface area contributed by atoms with Crippen molar-refractivity contribution < 1.29 is 5.11 Å². The minimum absolute atomic E-state index is 0.0768. The van der Waals surface area contributed by atoms with E-state index < -0.39 is 4.76 Å². The quantitative estimate of drug-likeness (QED) is 0.525. The molecule has 1 aromatic carbocycles. The lowest BCUT2D eigenvalue weighted by molar-refractivity contribution is 0.426. The third-order valence-electron chi connectivity index (χ3n) is 1.94. The maximum atomic E-state index is 11.8. The SMILES string of the molecule is [O-][N+]1(c2cccc(O)c2)CCN=N1. The van der Waals surface area contributed by atoms with Crippen LogP contribution >= 0.6 is 0 Å². The average Bonchev–Trinajstić information content (AvgIpc) is 2.54. The van der Waals surface area contributed by atoms with Gasteiger partial charge in [-0.15, -0.1) is 5.11 Å². The van der Waals surface area contributed by atoms with Crippen LogP contribution in [0, 0.1) is 5.21 Å². The highest BCUT2D eigenvalue weighted by Gasteiger charge is 2.25. The number of quaternary nitrogens is 1. The van der Waals surface area contributed by atoms with Gasteiger partial charge in [-0.05, 0) is 6.07 Å². The summed E-state index contributed by atoms with van der Waals surface area (Å²) in [5.41, 5.74) is 0.418. The zero-order valence-electron chi connectivity index (χ0n) is 6.92. The van der Waals surface area contributed by atoms with E-state index in [4.69, 9.17) is 5.11 Å². The molecule has 0 saturated heterocycles. The first kappa shape index (κ1) is 8.15. The van der Waals surface area contributed by atoms with Gasteiger partial charge in [0.25, 0.3) is 0 Å². The number of aromatic hydroxyl groups is 1. The van der Waals surface area contributed by atoms with Crippen molar-refractivity contribution in [3.63, 3.8) is 0 Å². The molecule has 0 saturated carbocycles. The van der Waals surface area contributed by atoms with E-state index >= 15 is 0 Å². The maximum Gasteiger partial charge on any atom is 0.164 e. The molecule has 0 spiro atoms. The van der Waals surface area contributed by atoms with Crippen molar-refractivity contribution in [2.75, 3.05) is 13.1 Å². The maximum absolute atomic E-state index is 11.8. The van der Waals surface area contributed by atoms with Crippen LogP contribution in [0.3, 0.4) is 0 Å². The molecule has 0 amide bonds. The Morgan fingerprint density at radius 1 is 1.46 bits per heavy atom. The molecule has 0 aliphatic carbocycles. The van der Waals surface area contributed by atoms with Gasteiger partial charge in [0.15, 0.2) is 5.69 Å². The molecule has 1 heterocycles. The summed E-state index contributed by atoms with van der Waals surface area (Å²) in [7, 11) is 0. The summed E-state index contributed by atoms with van der Waals surface area (Å²) in [6.07, 6.45) is 0. The molecular weight excluding hydrogens is 170 g/mol. The minimum atomic E-state index is -0.811. The molecule has 68 valence electrons. The Morgan fingerprint density at radius 3 is 2.92 bits per heavy atom. The fourth-order valence-electron chi connectivity index (χ4n) is 1.26. The zero-order valence-corrected chi connectivity index (χ0v) is 6.92. The molecule has 1 unspecified atom stereocenters. The molecule has 1 aliphatic rings. The Hall–Kier alpha value is -1.46. The Kier molecular flexibility index (Phi) is 1.75. The lowest BCUT2D eigenvalue weighted by Gasteiger charge is -2.29. The third-order valence-corrected chi connectivity index (χ3v) is 1.94. The van der Waals surface area contributed by atoms with E-state index in [0.29, 0.717) is 18.8 Å². The molecule has 1 N–H and O–H groups in total. The molecule has 2 rings (SSSR count). The Bertz CT molecular complexity index is 353. The third kappa shape index (κ3) is 1.39. The average molecular weight is 179 g/mol. The highest BCUT2D eigenvalue weighted by Crippen LogP contribution is 2.28. The number of phenols is 1. The topological polar surface area (TPSA) is 68.0 Å². The van der Waals surface area contributed by atoms with E-state index in [-0.39, 0.29) is 5.75 Å². The van der Waals surface area contributed by atoms with Crippen molar-refractivity contribution in [3.05, 3.63) is 29.5 Å². The standard InChI is InChI=1S/C8H9N3O2/c12-8-3-1-2-7(6-8)11(13)5-4-9-10-11/h1-3,6,12H,4-5H2. The van der Waals surface area contributed by atoms with E-state index in [1.165, 1.54) is 12.1 Å². The van der Waals surface area contributed by atoms with Gasteiger partial charge >= 0.3 is 0 Å². The number of hydroxylamine groups is 1. The normalized spacial score (nSPS) is 26.5.